The first-order chi connectivity index (χ1) is 9.62. The van der Waals surface area contributed by atoms with E-state index >= 15 is 0 Å². The molecule has 1 aromatic heterocycles. The Morgan fingerprint density at radius 2 is 2.15 bits per heavy atom. The lowest BCUT2D eigenvalue weighted by Gasteiger charge is -2.13. The number of benzene rings is 1. The normalized spacial score (nSPS) is 10.8. The highest BCUT2D eigenvalue weighted by atomic mass is 35.5. The van der Waals surface area contributed by atoms with Gasteiger partial charge in [0.05, 0.1) is 18.5 Å². The number of ether oxygens (including phenoxy) is 1. The van der Waals surface area contributed by atoms with Crippen LogP contribution in [0, 0.1) is 6.92 Å². The first kappa shape index (κ1) is 14.8. The van der Waals surface area contributed by atoms with Gasteiger partial charge >= 0.3 is 0 Å². The molecule has 20 heavy (non-hydrogen) atoms. The van der Waals surface area contributed by atoms with E-state index in [0.29, 0.717) is 17.3 Å². The fraction of sp³-hybridized carbons (Fsp3) is 0.429. The highest BCUT2D eigenvalue weighted by molar-refractivity contribution is 6.31. The minimum atomic E-state index is 0.379. The van der Waals surface area contributed by atoms with Crippen molar-refractivity contribution in [2.75, 3.05) is 7.11 Å². The van der Waals surface area contributed by atoms with E-state index in [1.807, 2.05) is 13.0 Å². The molecule has 0 bridgehead atoms. The van der Waals surface area contributed by atoms with E-state index in [-0.39, 0.29) is 0 Å². The largest absolute Gasteiger partial charge is 0.494 e. The van der Waals surface area contributed by atoms with Crippen molar-refractivity contribution in [1.82, 2.24) is 15.0 Å². The maximum Gasteiger partial charge on any atom is 0.146 e. The predicted octanol–water partition coefficient (Wildman–Crippen LogP) is 2.65. The van der Waals surface area contributed by atoms with Crippen LogP contribution in [-0.2, 0) is 13.0 Å². The first-order valence-corrected chi connectivity index (χ1v) is 6.98. The number of aromatic nitrogens is 3. The third kappa shape index (κ3) is 2.64. The quantitative estimate of drug-likeness (QED) is 0.920. The van der Waals surface area contributed by atoms with Gasteiger partial charge in [0.25, 0.3) is 0 Å². The number of aryl methyl sites for hydroxylation is 1. The molecule has 0 aliphatic rings. The Morgan fingerprint density at radius 1 is 1.40 bits per heavy atom. The monoisotopic (exact) mass is 294 g/mol. The van der Waals surface area contributed by atoms with E-state index in [2.05, 4.69) is 17.2 Å². The summed E-state index contributed by atoms with van der Waals surface area (Å²) in [5.74, 6) is 0.673. The zero-order valence-corrected chi connectivity index (χ0v) is 12.7. The average molecular weight is 295 g/mol. The fourth-order valence-corrected chi connectivity index (χ4v) is 2.30. The lowest BCUT2D eigenvalue weighted by Crippen LogP contribution is -2.07. The highest BCUT2D eigenvalue weighted by Crippen LogP contribution is 2.30. The molecule has 0 spiro atoms. The Kier molecular flexibility index (Phi) is 4.62. The molecule has 0 fully saturated rings. The summed E-state index contributed by atoms with van der Waals surface area (Å²) in [7, 11) is 1.62. The van der Waals surface area contributed by atoms with Gasteiger partial charge in [-0.25, -0.2) is 4.68 Å². The Labute approximate surface area is 123 Å². The summed E-state index contributed by atoms with van der Waals surface area (Å²) in [6.45, 7) is 4.44. The second kappa shape index (κ2) is 6.24. The molecule has 0 atom stereocenters. The second-order valence-corrected chi connectivity index (χ2v) is 5.03. The Balaban J connectivity index is 2.61. The number of rotatable bonds is 5. The summed E-state index contributed by atoms with van der Waals surface area (Å²) < 4.78 is 7.21. The van der Waals surface area contributed by atoms with Crippen LogP contribution < -0.4 is 10.5 Å². The number of hydrogen-bond donors (Lipinski definition) is 1. The van der Waals surface area contributed by atoms with Gasteiger partial charge in [0.2, 0.25) is 0 Å². The van der Waals surface area contributed by atoms with Crippen molar-refractivity contribution in [3.05, 3.63) is 34.1 Å². The average Bonchev–Trinajstić information content (AvgIpc) is 2.84. The third-order valence-corrected chi connectivity index (χ3v) is 3.62. The molecule has 6 heteroatoms. The Hall–Kier alpha value is -1.59. The van der Waals surface area contributed by atoms with E-state index in [1.165, 1.54) is 0 Å². The van der Waals surface area contributed by atoms with E-state index in [0.717, 1.165) is 35.5 Å². The van der Waals surface area contributed by atoms with Gasteiger partial charge in [-0.15, -0.1) is 5.10 Å². The Bertz CT molecular complexity index is 609. The molecular formula is C14H19ClN4O. The molecule has 108 valence electrons. The van der Waals surface area contributed by atoms with Crippen molar-refractivity contribution >= 4 is 11.6 Å². The molecular weight excluding hydrogens is 276 g/mol. The molecule has 1 heterocycles. The van der Waals surface area contributed by atoms with Gasteiger partial charge in [-0.2, -0.15) is 0 Å². The molecule has 0 amide bonds. The van der Waals surface area contributed by atoms with Gasteiger partial charge in [0, 0.05) is 17.6 Å². The molecule has 2 rings (SSSR count). The van der Waals surface area contributed by atoms with Crippen LogP contribution in [0.5, 0.6) is 5.75 Å². The minimum Gasteiger partial charge on any atom is -0.494 e. The van der Waals surface area contributed by atoms with E-state index in [4.69, 9.17) is 22.1 Å². The van der Waals surface area contributed by atoms with Crippen LogP contribution in [0.3, 0.4) is 0 Å². The van der Waals surface area contributed by atoms with Crippen molar-refractivity contribution < 1.29 is 4.74 Å². The zero-order chi connectivity index (χ0) is 14.7. The number of nitrogens with zero attached hydrogens (tertiary/aromatic N) is 3. The molecule has 5 nitrogen and oxygen atoms in total. The maximum absolute atomic E-state index is 6.14. The molecule has 1 aromatic carbocycles. The molecule has 0 aliphatic carbocycles. The number of hydrogen-bond acceptors (Lipinski definition) is 4. The number of methoxy groups -OCH3 is 1. The number of nitrogens with two attached hydrogens (primary N) is 1. The van der Waals surface area contributed by atoms with Crippen LogP contribution >= 0.6 is 11.6 Å². The van der Waals surface area contributed by atoms with Crippen molar-refractivity contribution in [2.24, 2.45) is 5.73 Å². The van der Waals surface area contributed by atoms with Crippen LogP contribution in [0.4, 0.5) is 0 Å². The van der Waals surface area contributed by atoms with Gasteiger partial charge < -0.3 is 10.5 Å². The van der Waals surface area contributed by atoms with E-state index in [1.54, 1.807) is 17.9 Å². The topological polar surface area (TPSA) is 66.0 Å². The number of halogens is 1. The van der Waals surface area contributed by atoms with Gasteiger partial charge in [-0.05, 0) is 25.0 Å². The summed E-state index contributed by atoms with van der Waals surface area (Å²) in [6, 6.07) is 3.75. The standard InChI is InChI=1S/C14H19ClN4O/c1-4-5-12-11(8-16)17-18-19(12)13-6-9(2)10(15)7-14(13)20-3/h6-7H,4-5,8,16H2,1-3H3. The smallest absolute Gasteiger partial charge is 0.146 e. The third-order valence-electron chi connectivity index (χ3n) is 3.21. The van der Waals surface area contributed by atoms with Crippen molar-refractivity contribution in [2.45, 2.75) is 33.2 Å². The van der Waals surface area contributed by atoms with E-state index in [9.17, 15) is 0 Å². The van der Waals surface area contributed by atoms with Gasteiger partial charge in [-0.1, -0.05) is 30.2 Å². The van der Waals surface area contributed by atoms with Crippen molar-refractivity contribution in [1.29, 1.82) is 0 Å². The van der Waals surface area contributed by atoms with Crippen LogP contribution in [0.15, 0.2) is 12.1 Å². The SMILES string of the molecule is CCCc1c(CN)nnn1-c1cc(C)c(Cl)cc1OC. The van der Waals surface area contributed by atoms with Crippen molar-refractivity contribution in [3.63, 3.8) is 0 Å². The van der Waals surface area contributed by atoms with Crippen LogP contribution in [0.1, 0.15) is 30.3 Å². The molecule has 2 N–H and O–H groups in total. The highest BCUT2D eigenvalue weighted by Gasteiger charge is 2.16. The van der Waals surface area contributed by atoms with Crippen LogP contribution in [0.25, 0.3) is 5.69 Å². The molecule has 0 unspecified atom stereocenters. The van der Waals surface area contributed by atoms with Crippen molar-refractivity contribution in [3.8, 4) is 11.4 Å². The molecule has 0 saturated heterocycles. The fourth-order valence-electron chi connectivity index (χ4n) is 2.15. The molecule has 0 aliphatic heterocycles. The lowest BCUT2D eigenvalue weighted by molar-refractivity contribution is 0.411. The summed E-state index contributed by atoms with van der Waals surface area (Å²) in [5, 5.41) is 9.04. The van der Waals surface area contributed by atoms with Gasteiger partial charge in [0.1, 0.15) is 11.4 Å². The maximum atomic E-state index is 6.14. The summed E-state index contributed by atoms with van der Waals surface area (Å²) in [5.41, 5.74) is 9.38. The predicted molar refractivity (Wildman–Crippen MR) is 79.5 cm³/mol. The summed E-state index contributed by atoms with van der Waals surface area (Å²) in [6.07, 6.45) is 1.86. The summed E-state index contributed by atoms with van der Waals surface area (Å²) >= 11 is 6.14. The lowest BCUT2D eigenvalue weighted by atomic mass is 10.1. The Morgan fingerprint density at radius 3 is 2.75 bits per heavy atom. The molecule has 0 saturated carbocycles. The first-order valence-electron chi connectivity index (χ1n) is 6.60. The van der Waals surface area contributed by atoms with Gasteiger partial charge in [0.15, 0.2) is 0 Å². The van der Waals surface area contributed by atoms with Crippen LogP contribution in [-0.4, -0.2) is 22.1 Å². The molecule has 2 aromatic rings. The van der Waals surface area contributed by atoms with Gasteiger partial charge in [-0.3, -0.25) is 0 Å². The summed E-state index contributed by atoms with van der Waals surface area (Å²) in [4.78, 5) is 0. The zero-order valence-electron chi connectivity index (χ0n) is 12.0. The minimum absolute atomic E-state index is 0.379. The second-order valence-electron chi connectivity index (χ2n) is 4.62. The molecule has 0 radical (unpaired) electrons. The van der Waals surface area contributed by atoms with E-state index < -0.39 is 0 Å². The van der Waals surface area contributed by atoms with Crippen LogP contribution in [0.2, 0.25) is 5.02 Å².